The second-order valence-electron chi connectivity index (χ2n) is 6.83. The number of ether oxygens (including phenoxy) is 1. The molecule has 0 unspecified atom stereocenters. The molecule has 1 aliphatic heterocycles. The molecule has 2 aromatic carbocycles. The molecule has 4 rings (SSSR count). The van der Waals surface area contributed by atoms with Crippen molar-refractivity contribution in [2.24, 2.45) is 0 Å². The van der Waals surface area contributed by atoms with Crippen molar-refractivity contribution in [3.8, 4) is 11.4 Å². The van der Waals surface area contributed by atoms with Crippen LogP contribution in [0.5, 0.6) is 0 Å². The summed E-state index contributed by atoms with van der Waals surface area (Å²) in [7, 11) is 0. The van der Waals surface area contributed by atoms with Gasteiger partial charge in [-0.05, 0) is 25.0 Å². The van der Waals surface area contributed by atoms with Gasteiger partial charge in [0.15, 0.2) is 6.61 Å². The number of benzene rings is 2. The normalized spacial score (nSPS) is 13.4. The number of thioether (sulfide) groups is 1. The number of aromatic nitrogens is 2. The van der Waals surface area contributed by atoms with Crippen molar-refractivity contribution in [1.82, 2.24) is 15.0 Å². The highest BCUT2D eigenvalue weighted by Crippen LogP contribution is 2.25. The van der Waals surface area contributed by atoms with E-state index in [1.165, 1.54) is 11.8 Å². The largest absolute Gasteiger partial charge is 0.452 e. The molecule has 3 aromatic rings. The van der Waals surface area contributed by atoms with Crippen LogP contribution in [0.1, 0.15) is 29.1 Å². The SMILES string of the molecule is O=C(OCc1nc(-c2ccccc2)no1)c1ccccc1SCC(=O)N1CCCC1. The van der Waals surface area contributed by atoms with Crippen molar-refractivity contribution < 1.29 is 18.8 Å². The number of carbonyl (C=O) groups is 2. The van der Waals surface area contributed by atoms with E-state index in [9.17, 15) is 9.59 Å². The Morgan fingerprint density at radius 1 is 1.03 bits per heavy atom. The quantitative estimate of drug-likeness (QED) is 0.422. The van der Waals surface area contributed by atoms with Crippen LogP contribution in [-0.4, -0.2) is 45.8 Å². The lowest BCUT2D eigenvalue weighted by atomic mass is 10.2. The Kier molecular flexibility index (Phi) is 6.44. The Hall–Kier alpha value is -3.13. The second-order valence-corrected chi connectivity index (χ2v) is 7.84. The number of hydrogen-bond acceptors (Lipinski definition) is 7. The summed E-state index contributed by atoms with van der Waals surface area (Å²) in [5, 5.41) is 3.92. The molecule has 30 heavy (non-hydrogen) atoms. The zero-order valence-electron chi connectivity index (χ0n) is 16.3. The molecular weight excluding hydrogens is 402 g/mol. The number of carbonyl (C=O) groups excluding carboxylic acids is 2. The van der Waals surface area contributed by atoms with E-state index in [0.717, 1.165) is 31.5 Å². The van der Waals surface area contributed by atoms with Crippen LogP contribution in [0, 0.1) is 0 Å². The predicted octanol–water partition coefficient (Wildman–Crippen LogP) is 3.81. The van der Waals surface area contributed by atoms with Crippen molar-refractivity contribution in [2.75, 3.05) is 18.8 Å². The second kappa shape index (κ2) is 9.58. The maximum Gasteiger partial charge on any atom is 0.339 e. The maximum absolute atomic E-state index is 12.6. The van der Waals surface area contributed by atoms with E-state index in [-0.39, 0.29) is 18.4 Å². The van der Waals surface area contributed by atoms with Crippen LogP contribution < -0.4 is 0 Å². The van der Waals surface area contributed by atoms with E-state index >= 15 is 0 Å². The highest BCUT2D eigenvalue weighted by Gasteiger charge is 2.20. The molecule has 0 N–H and O–H groups in total. The van der Waals surface area contributed by atoms with E-state index in [1.807, 2.05) is 47.4 Å². The minimum Gasteiger partial charge on any atom is -0.452 e. The third-order valence-corrected chi connectivity index (χ3v) is 5.80. The number of hydrogen-bond donors (Lipinski definition) is 0. The number of likely N-dealkylation sites (tertiary alicyclic amines) is 1. The van der Waals surface area contributed by atoms with Gasteiger partial charge in [0.1, 0.15) is 0 Å². The Balaban J connectivity index is 1.36. The first-order chi connectivity index (χ1) is 14.7. The first kappa shape index (κ1) is 20.2. The maximum atomic E-state index is 12.6. The van der Waals surface area contributed by atoms with Gasteiger partial charge in [0, 0.05) is 23.5 Å². The summed E-state index contributed by atoms with van der Waals surface area (Å²) in [6.45, 7) is 1.51. The molecule has 0 aliphatic carbocycles. The van der Waals surface area contributed by atoms with E-state index in [1.54, 1.807) is 12.1 Å². The Bertz CT molecular complexity index is 1020. The van der Waals surface area contributed by atoms with Crippen molar-refractivity contribution in [3.05, 3.63) is 66.1 Å². The fraction of sp³-hybridized carbons (Fsp3) is 0.273. The van der Waals surface area contributed by atoms with Gasteiger partial charge in [-0.1, -0.05) is 47.6 Å². The van der Waals surface area contributed by atoms with E-state index in [2.05, 4.69) is 10.1 Å². The molecule has 2 heterocycles. The summed E-state index contributed by atoms with van der Waals surface area (Å²) in [6, 6.07) is 16.5. The predicted molar refractivity (Wildman–Crippen MR) is 112 cm³/mol. The smallest absolute Gasteiger partial charge is 0.339 e. The van der Waals surface area contributed by atoms with Gasteiger partial charge >= 0.3 is 5.97 Å². The van der Waals surface area contributed by atoms with Gasteiger partial charge in [-0.15, -0.1) is 11.8 Å². The molecule has 7 nitrogen and oxygen atoms in total. The number of rotatable bonds is 7. The molecule has 0 saturated carbocycles. The summed E-state index contributed by atoms with van der Waals surface area (Å²) < 4.78 is 10.5. The number of nitrogens with zero attached hydrogens (tertiary/aromatic N) is 3. The standard InChI is InChI=1S/C22H21N3O4S/c26-20(25-12-6-7-13-25)15-30-18-11-5-4-10-17(18)22(27)28-14-19-23-21(24-29-19)16-8-2-1-3-9-16/h1-5,8-11H,6-7,12-15H2. The summed E-state index contributed by atoms with van der Waals surface area (Å²) in [4.78, 5) is 31.7. The third-order valence-electron chi connectivity index (χ3n) is 4.74. The topological polar surface area (TPSA) is 85.5 Å². The fourth-order valence-corrected chi connectivity index (χ4v) is 4.12. The number of amides is 1. The lowest BCUT2D eigenvalue weighted by Crippen LogP contribution is -2.29. The van der Waals surface area contributed by atoms with Crippen LogP contribution in [0.4, 0.5) is 0 Å². The average Bonchev–Trinajstić information content (AvgIpc) is 3.49. The minimum atomic E-state index is -0.494. The van der Waals surface area contributed by atoms with Crippen LogP contribution in [0.2, 0.25) is 0 Å². The summed E-state index contributed by atoms with van der Waals surface area (Å²) in [6.07, 6.45) is 2.11. The summed E-state index contributed by atoms with van der Waals surface area (Å²) in [5.41, 5.74) is 1.24. The van der Waals surface area contributed by atoms with Crippen LogP contribution in [-0.2, 0) is 16.1 Å². The van der Waals surface area contributed by atoms with Gasteiger partial charge in [0.25, 0.3) is 5.89 Å². The third kappa shape index (κ3) is 4.88. The van der Waals surface area contributed by atoms with E-state index < -0.39 is 5.97 Å². The lowest BCUT2D eigenvalue weighted by Gasteiger charge is -2.15. The van der Waals surface area contributed by atoms with E-state index in [4.69, 9.17) is 9.26 Å². The number of esters is 1. The summed E-state index contributed by atoms with van der Waals surface area (Å²) in [5.74, 6) is 0.565. The molecule has 0 bridgehead atoms. The van der Waals surface area contributed by atoms with E-state index in [0.29, 0.717) is 22.0 Å². The van der Waals surface area contributed by atoms with Gasteiger partial charge in [0.2, 0.25) is 11.7 Å². The first-order valence-corrected chi connectivity index (χ1v) is 10.7. The molecule has 1 saturated heterocycles. The van der Waals surface area contributed by atoms with Crippen LogP contribution in [0.25, 0.3) is 11.4 Å². The highest BCUT2D eigenvalue weighted by molar-refractivity contribution is 8.00. The van der Waals surface area contributed by atoms with Gasteiger partial charge in [0.05, 0.1) is 11.3 Å². The van der Waals surface area contributed by atoms with Gasteiger partial charge in [-0.3, -0.25) is 4.79 Å². The zero-order chi connectivity index (χ0) is 20.8. The van der Waals surface area contributed by atoms with Crippen molar-refractivity contribution >= 4 is 23.6 Å². The molecule has 1 aromatic heterocycles. The van der Waals surface area contributed by atoms with Crippen LogP contribution in [0.3, 0.4) is 0 Å². The van der Waals surface area contributed by atoms with Crippen LogP contribution in [0.15, 0.2) is 64.0 Å². The van der Waals surface area contributed by atoms with Crippen molar-refractivity contribution in [2.45, 2.75) is 24.3 Å². The monoisotopic (exact) mass is 423 g/mol. The van der Waals surface area contributed by atoms with Crippen molar-refractivity contribution in [3.63, 3.8) is 0 Å². The molecule has 0 spiro atoms. The zero-order valence-corrected chi connectivity index (χ0v) is 17.1. The van der Waals surface area contributed by atoms with Gasteiger partial charge < -0.3 is 14.2 Å². The summed E-state index contributed by atoms with van der Waals surface area (Å²) >= 11 is 1.35. The molecular formula is C22H21N3O4S. The van der Waals surface area contributed by atoms with Crippen molar-refractivity contribution in [1.29, 1.82) is 0 Å². The molecule has 0 radical (unpaired) electrons. The first-order valence-electron chi connectivity index (χ1n) is 9.75. The Morgan fingerprint density at radius 2 is 1.77 bits per heavy atom. The molecule has 8 heteroatoms. The minimum absolute atomic E-state index is 0.0972. The fourth-order valence-electron chi connectivity index (χ4n) is 3.18. The molecule has 1 amide bonds. The molecule has 0 atom stereocenters. The Morgan fingerprint density at radius 3 is 2.57 bits per heavy atom. The highest BCUT2D eigenvalue weighted by atomic mass is 32.2. The Labute approximate surface area is 178 Å². The van der Waals surface area contributed by atoms with Crippen LogP contribution >= 0.6 is 11.8 Å². The molecule has 1 fully saturated rings. The lowest BCUT2D eigenvalue weighted by molar-refractivity contribution is -0.127. The average molecular weight is 423 g/mol. The molecule has 154 valence electrons. The van der Waals surface area contributed by atoms with Gasteiger partial charge in [-0.25, -0.2) is 4.79 Å². The molecule has 1 aliphatic rings. The van der Waals surface area contributed by atoms with Gasteiger partial charge in [-0.2, -0.15) is 4.98 Å².